The summed E-state index contributed by atoms with van der Waals surface area (Å²) in [5, 5.41) is 4.94. The molecule has 0 aromatic heterocycles. The molecule has 1 aromatic rings. The van der Waals surface area contributed by atoms with E-state index in [-0.39, 0.29) is 29.7 Å². The van der Waals surface area contributed by atoms with Crippen molar-refractivity contribution in [1.82, 2.24) is 5.32 Å². The standard InChI is InChI=1S/C12H15FN2O3S/c13-10-3-1-2-4-11(10)15-12(16)14-7-9-5-6-19(17,18)8-9/h1-4,9H,5-8H2,(H2,14,15,16). The van der Waals surface area contributed by atoms with Gasteiger partial charge in [0.15, 0.2) is 9.84 Å². The summed E-state index contributed by atoms with van der Waals surface area (Å²) in [6, 6.07) is 5.31. The molecule has 0 radical (unpaired) electrons. The number of para-hydroxylation sites is 1. The normalized spacial score (nSPS) is 21.0. The number of amides is 2. The Morgan fingerprint density at radius 3 is 2.74 bits per heavy atom. The van der Waals surface area contributed by atoms with Gasteiger partial charge in [0.05, 0.1) is 17.2 Å². The van der Waals surface area contributed by atoms with Crippen molar-refractivity contribution in [3.8, 4) is 0 Å². The maximum atomic E-state index is 13.3. The lowest BCUT2D eigenvalue weighted by Gasteiger charge is -2.11. The van der Waals surface area contributed by atoms with Crippen molar-refractivity contribution in [2.75, 3.05) is 23.4 Å². The molecule has 2 amide bonds. The van der Waals surface area contributed by atoms with E-state index < -0.39 is 21.7 Å². The van der Waals surface area contributed by atoms with Gasteiger partial charge in [-0.2, -0.15) is 0 Å². The molecule has 1 aliphatic rings. The number of hydrogen-bond acceptors (Lipinski definition) is 3. The molecule has 1 aromatic carbocycles. The van der Waals surface area contributed by atoms with Crippen molar-refractivity contribution in [3.05, 3.63) is 30.1 Å². The lowest BCUT2D eigenvalue weighted by atomic mass is 10.1. The molecule has 1 atom stereocenters. The lowest BCUT2D eigenvalue weighted by molar-refractivity contribution is 0.250. The SMILES string of the molecule is O=C(NCC1CCS(=O)(=O)C1)Nc1ccccc1F. The average Bonchev–Trinajstić information content (AvgIpc) is 2.69. The van der Waals surface area contributed by atoms with Gasteiger partial charge >= 0.3 is 6.03 Å². The highest BCUT2D eigenvalue weighted by Crippen LogP contribution is 2.17. The van der Waals surface area contributed by atoms with Gasteiger partial charge in [-0.25, -0.2) is 17.6 Å². The lowest BCUT2D eigenvalue weighted by Crippen LogP contribution is -2.33. The Labute approximate surface area is 111 Å². The van der Waals surface area contributed by atoms with Crippen LogP contribution < -0.4 is 10.6 Å². The summed E-state index contributed by atoms with van der Waals surface area (Å²) in [6.45, 7) is 0.277. The van der Waals surface area contributed by atoms with E-state index in [4.69, 9.17) is 0 Å². The second kappa shape index (κ2) is 5.56. The Morgan fingerprint density at radius 1 is 1.37 bits per heavy atom. The van der Waals surface area contributed by atoms with E-state index in [0.717, 1.165) is 0 Å². The summed E-state index contributed by atoms with van der Waals surface area (Å²) in [5.74, 6) is -0.293. The first-order valence-corrected chi connectivity index (χ1v) is 7.78. The molecule has 104 valence electrons. The molecule has 7 heteroatoms. The molecule has 2 N–H and O–H groups in total. The van der Waals surface area contributed by atoms with E-state index in [1.54, 1.807) is 6.07 Å². The summed E-state index contributed by atoms with van der Waals surface area (Å²) in [5.41, 5.74) is 0.0963. The molecule has 1 aliphatic heterocycles. The molecule has 1 saturated heterocycles. The van der Waals surface area contributed by atoms with Crippen molar-refractivity contribution in [2.45, 2.75) is 6.42 Å². The topological polar surface area (TPSA) is 75.3 Å². The fraction of sp³-hybridized carbons (Fsp3) is 0.417. The van der Waals surface area contributed by atoms with Crippen LogP contribution in [-0.4, -0.2) is 32.5 Å². The van der Waals surface area contributed by atoms with Crippen LogP contribution in [0, 0.1) is 11.7 Å². The van der Waals surface area contributed by atoms with Gasteiger partial charge in [0, 0.05) is 6.54 Å². The molecule has 2 rings (SSSR count). The quantitative estimate of drug-likeness (QED) is 0.881. The second-order valence-electron chi connectivity index (χ2n) is 4.58. The highest BCUT2D eigenvalue weighted by molar-refractivity contribution is 7.91. The molecule has 19 heavy (non-hydrogen) atoms. The molecule has 1 unspecified atom stereocenters. The molecule has 5 nitrogen and oxygen atoms in total. The number of hydrogen-bond donors (Lipinski definition) is 2. The number of urea groups is 1. The van der Waals surface area contributed by atoms with Crippen LogP contribution in [0.15, 0.2) is 24.3 Å². The van der Waals surface area contributed by atoms with Crippen LogP contribution in [0.5, 0.6) is 0 Å². The minimum Gasteiger partial charge on any atom is -0.338 e. The minimum absolute atomic E-state index is 0.0589. The first-order chi connectivity index (χ1) is 8.96. The molecule has 0 spiro atoms. The molecular formula is C12H15FN2O3S. The molecule has 0 aliphatic carbocycles. The summed E-state index contributed by atoms with van der Waals surface area (Å²) in [6.07, 6.45) is 0.558. The number of sulfone groups is 1. The number of halogens is 1. The van der Waals surface area contributed by atoms with Crippen molar-refractivity contribution >= 4 is 21.6 Å². The van der Waals surface area contributed by atoms with Gasteiger partial charge in [-0.1, -0.05) is 12.1 Å². The van der Waals surface area contributed by atoms with E-state index in [1.165, 1.54) is 18.2 Å². The fourth-order valence-corrected chi connectivity index (χ4v) is 3.86. The van der Waals surface area contributed by atoms with Gasteiger partial charge in [-0.15, -0.1) is 0 Å². The molecule has 1 fully saturated rings. The summed E-state index contributed by atoms with van der Waals surface area (Å²) in [4.78, 5) is 11.5. The predicted octanol–water partition coefficient (Wildman–Crippen LogP) is 1.38. The van der Waals surface area contributed by atoms with E-state index in [1.807, 2.05) is 0 Å². The van der Waals surface area contributed by atoms with E-state index in [0.29, 0.717) is 6.42 Å². The van der Waals surface area contributed by atoms with E-state index >= 15 is 0 Å². The Balaban J connectivity index is 1.81. The fourth-order valence-electron chi connectivity index (χ4n) is 2.00. The van der Waals surface area contributed by atoms with Gasteiger partial charge in [-0.05, 0) is 24.5 Å². The third-order valence-corrected chi connectivity index (χ3v) is 4.84. The number of carbonyl (C=O) groups excluding carboxylic acids is 1. The van der Waals surface area contributed by atoms with Crippen LogP contribution >= 0.6 is 0 Å². The van der Waals surface area contributed by atoms with E-state index in [9.17, 15) is 17.6 Å². The average molecular weight is 286 g/mol. The van der Waals surface area contributed by atoms with Crippen LogP contribution in [0.3, 0.4) is 0 Å². The van der Waals surface area contributed by atoms with Crippen molar-refractivity contribution in [1.29, 1.82) is 0 Å². The van der Waals surface area contributed by atoms with Gasteiger partial charge in [0.1, 0.15) is 5.82 Å². The van der Waals surface area contributed by atoms with Crippen molar-refractivity contribution in [3.63, 3.8) is 0 Å². The van der Waals surface area contributed by atoms with Gasteiger partial charge < -0.3 is 10.6 Å². The van der Waals surface area contributed by atoms with Gasteiger partial charge in [0.25, 0.3) is 0 Å². The van der Waals surface area contributed by atoms with Gasteiger partial charge in [0.2, 0.25) is 0 Å². The van der Waals surface area contributed by atoms with Crippen LogP contribution in [-0.2, 0) is 9.84 Å². The zero-order valence-corrected chi connectivity index (χ0v) is 11.0. The Hall–Kier alpha value is -1.63. The smallest absolute Gasteiger partial charge is 0.319 e. The summed E-state index contributed by atoms with van der Waals surface area (Å²) < 4.78 is 35.8. The monoisotopic (exact) mass is 286 g/mol. The predicted molar refractivity (Wildman–Crippen MR) is 70.2 cm³/mol. The summed E-state index contributed by atoms with van der Waals surface area (Å²) in [7, 11) is -2.94. The molecule has 1 heterocycles. The highest BCUT2D eigenvalue weighted by atomic mass is 32.2. The molecule has 0 saturated carbocycles. The van der Waals surface area contributed by atoms with E-state index in [2.05, 4.69) is 10.6 Å². The number of rotatable bonds is 3. The van der Waals surface area contributed by atoms with Crippen LogP contribution in [0.2, 0.25) is 0 Å². The Morgan fingerprint density at radius 2 is 2.11 bits per heavy atom. The van der Waals surface area contributed by atoms with Gasteiger partial charge in [-0.3, -0.25) is 0 Å². The second-order valence-corrected chi connectivity index (χ2v) is 6.81. The zero-order chi connectivity index (χ0) is 13.9. The Bertz CT molecular complexity index is 574. The van der Waals surface area contributed by atoms with Crippen LogP contribution in [0.25, 0.3) is 0 Å². The maximum Gasteiger partial charge on any atom is 0.319 e. The molecular weight excluding hydrogens is 271 g/mol. The number of nitrogens with one attached hydrogen (secondary N) is 2. The first kappa shape index (κ1) is 13.8. The third-order valence-electron chi connectivity index (χ3n) is 3.00. The largest absolute Gasteiger partial charge is 0.338 e. The molecule has 0 bridgehead atoms. The maximum absolute atomic E-state index is 13.3. The first-order valence-electron chi connectivity index (χ1n) is 5.96. The van der Waals surface area contributed by atoms with Crippen molar-refractivity contribution < 1.29 is 17.6 Å². The zero-order valence-electron chi connectivity index (χ0n) is 10.2. The number of benzene rings is 1. The number of anilines is 1. The highest BCUT2D eigenvalue weighted by Gasteiger charge is 2.27. The Kier molecular flexibility index (Phi) is 4.04. The van der Waals surface area contributed by atoms with Crippen molar-refractivity contribution in [2.24, 2.45) is 5.92 Å². The van der Waals surface area contributed by atoms with Crippen LogP contribution in [0.1, 0.15) is 6.42 Å². The number of carbonyl (C=O) groups is 1. The summed E-state index contributed by atoms with van der Waals surface area (Å²) >= 11 is 0. The minimum atomic E-state index is -2.94. The van der Waals surface area contributed by atoms with Crippen LogP contribution in [0.4, 0.5) is 14.9 Å². The third kappa shape index (κ3) is 3.92.